The van der Waals surface area contributed by atoms with Gasteiger partial charge in [0.2, 0.25) is 0 Å². The molecule has 1 N–H and O–H groups in total. The smallest absolute Gasteiger partial charge is 0.137 e. The van der Waals surface area contributed by atoms with Gasteiger partial charge in [-0.2, -0.15) is 0 Å². The van der Waals surface area contributed by atoms with E-state index in [0.29, 0.717) is 11.3 Å². The molecule has 19 heavy (non-hydrogen) atoms. The molecule has 2 aromatic rings. The van der Waals surface area contributed by atoms with Crippen LogP contribution in [0.3, 0.4) is 0 Å². The van der Waals surface area contributed by atoms with Crippen molar-refractivity contribution >= 4 is 17.2 Å². The molecule has 0 saturated heterocycles. The first-order valence-corrected chi connectivity index (χ1v) is 7.54. The van der Waals surface area contributed by atoms with E-state index in [-0.39, 0.29) is 0 Å². The van der Waals surface area contributed by atoms with E-state index in [1.165, 1.54) is 25.7 Å². The number of nitrogens with one attached hydrogen (secondary N) is 1. The molecule has 2 atom stereocenters. The maximum atomic E-state index is 6.37. The Hall–Kier alpha value is -1.06. The lowest BCUT2D eigenvalue weighted by Crippen LogP contribution is -2.30. The van der Waals surface area contributed by atoms with Crippen LogP contribution in [-0.2, 0) is 6.54 Å². The molecule has 4 heteroatoms. The summed E-state index contributed by atoms with van der Waals surface area (Å²) in [6.07, 6.45) is 9.15. The zero-order valence-corrected chi connectivity index (χ0v) is 11.8. The number of pyridine rings is 1. The highest BCUT2D eigenvalue weighted by molar-refractivity contribution is 6.20. The molecule has 1 aliphatic carbocycles. The Kier molecular flexibility index (Phi) is 4.04. The van der Waals surface area contributed by atoms with Gasteiger partial charge >= 0.3 is 0 Å². The summed E-state index contributed by atoms with van der Waals surface area (Å²) in [6.45, 7) is 1.82. The van der Waals surface area contributed by atoms with Crippen LogP contribution in [0.5, 0.6) is 0 Å². The zero-order chi connectivity index (χ0) is 13.1. The van der Waals surface area contributed by atoms with Crippen LogP contribution in [0, 0.1) is 5.92 Å². The lowest BCUT2D eigenvalue weighted by Gasteiger charge is -2.27. The maximum absolute atomic E-state index is 6.37. The van der Waals surface area contributed by atoms with E-state index in [0.717, 1.165) is 24.4 Å². The summed E-state index contributed by atoms with van der Waals surface area (Å²) in [5.41, 5.74) is 2.10. The average molecular weight is 278 g/mol. The fourth-order valence-corrected chi connectivity index (χ4v) is 3.22. The van der Waals surface area contributed by atoms with Gasteiger partial charge in [0.15, 0.2) is 0 Å². The van der Waals surface area contributed by atoms with Crippen molar-refractivity contribution in [3.8, 4) is 0 Å². The quantitative estimate of drug-likeness (QED) is 0.870. The molecule has 1 aliphatic rings. The van der Waals surface area contributed by atoms with Crippen molar-refractivity contribution in [1.82, 2.24) is 14.7 Å². The van der Waals surface area contributed by atoms with Crippen molar-refractivity contribution in [2.75, 3.05) is 6.54 Å². The normalized spacial score (nSPS) is 23.8. The lowest BCUT2D eigenvalue weighted by molar-refractivity contribution is 0.348. The monoisotopic (exact) mass is 277 g/mol. The minimum atomic E-state index is 0.349. The molecule has 3 rings (SSSR count). The molecule has 2 aromatic heterocycles. The molecule has 0 aliphatic heterocycles. The molecule has 0 bridgehead atoms. The van der Waals surface area contributed by atoms with Crippen molar-refractivity contribution < 1.29 is 0 Å². The first kappa shape index (κ1) is 12.9. The summed E-state index contributed by atoms with van der Waals surface area (Å²) < 4.78 is 2.06. The van der Waals surface area contributed by atoms with Gasteiger partial charge < -0.3 is 9.72 Å². The van der Waals surface area contributed by atoms with Crippen LogP contribution in [0.25, 0.3) is 5.65 Å². The zero-order valence-electron chi connectivity index (χ0n) is 11.1. The van der Waals surface area contributed by atoms with Gasteiger partial charge in [-0.15, -0.1) is 11.6 Å². The number of nitrogens with zero attached hydrogens (tertiary/aromatic N) is 2. The summed E-state index contributed by atoms with van der Waals surface area (Å²) >= 11 is 6.37. The minimum Gasteiger partial charge on any atom is -0.311 e. The van der Waals surface area contributed by atoms with Gasteiger partial charge in [-0.1, -0.05) is 18.9 Å². The van der Waals surface area contributed by atoms with E-state index >= 15 is 0 Å². The average Bonchev–Trinajstić information content (AvgIpc) is 2.83. The van der Waals surface area contributed by atoms with Crippen molar-refractivity contribution in [2.24, 2.45) is 5.92 Å². The molecule has 1 fully saturated rings. The SMILES string of the molecule is ClC1CCCCC1CNCc1cn2ccccc2n1. The Morgan fingerprint density at radius 1 is 1.32 bits per heavy atom. The van der Waals surface area contributed by atoms with Gasteiger partial charge in [-0.3, -0.25) is 0 Å². The van der Waals surface area contributed by atoms with Crippen LogP contribution in [-0.4, -0.2) is 21.3 Å². The summed E-state index contributed by atoms with van der Waals surface area (Å²) in [4.78, 5) is 4.58. The van der Waals surface area contributed by atoms with E-state index in [2.05, 4.69) is 20.9 Å². The summed E-state index contributed by atoms with van der Waals surface area (Å²) in [6, 6.07) is 6.06. The van der Waals surface area contributed by atoms with Gasteiger partial charge in [-0.25, -0.2) is 4.98 Å². The Morgan fingerprint density at radius 3 is 3.05 bits per heavy atom. The number of halogens is 1. The summed E-state index contributed by atoms with van der Waals surface area (Å²) in [5, 5.41) is 3.85. The number of fused-ring (bicyclic) bond motifs is 1. The summed E-state index contributed by atoms with van der Waals surface area (Å²) in [7, 11) is 0. The number of imidazole rings is 1. The van der Waals surface area contributed by atoms with Gasteiger partial charge in [0.05, 0.1) is 5.69 Å². The number of aromatic nitrogens is 2. The second-order valence-electron chi connectivity index (χ2n) is 5.39. The van der Waals surface area contributed by atoms with Crippen LogP contribution in [0.1, 0.15) is 31.4 Å². The standard InChI is InChI=1S/C15H20ClN3/c16-14-6-2-1-5-12(14)9-17-10-13-11-19-8-4-3-7-15(19)18-13/h3-4,7-8,11-12,14,17H,1-2,5-6,9-10H2. The van der Waals surface area contributed by atoms with E-state index in [4.69, 9.17) is 11.6 Å². The van der Waals surface area contributed by atoms with Crippen LogP contribution < -0.4 is 5.32 Å². The minimum absolute atomic E-state index is 0.349. The molecule has 3 nitrogen and oxygen atoms in total. The topological polar surface area (TPSA) is 29.3 Å². The van der Waals surface area contributed by atoms with Crippen LogP contribution in [0.15, 0.2) is 30.6 Å². The Labute approximate surface area is 119 Å². The fourth-order valence-electron chi connectivity index (χ4n) is 2.85. The Morgan fingerprint density at radius 2 is 2.21 bits per heavy atom. The molecule has 0 aromatic carbocycles. The van der Waals surface area contributed by atoms with E-state index in [1.54, 1.807) is 0 Å². The highest BCUT2D eigenvalue weighted by Gasteiger charge is 2.22. The first-order chi connectivity index (χ1) is 9.33. The number of alkyl halides is 1. The van der Waals surface area contributed by atoms with Crippen molar-refractivity contribution in [3.05, 3.63) is 36.3 Å². The van der Waals surface area contributed by atoms with Crippen molar-refractivity contribution in [3.63, 3.8) is 0 Å². The Bertz CT molecular complexity index is 504. The maximum Gasteiger partial charge on any atom is 0.137 e. The molecule has 2 unspecified atom stereocenters. The molecule has 0 spiro atoms. The van der Waals surface area contributed by atoms with Crippen molar-refractivity contribution in [2.45, 2.75) is 37.6 Å². The molecule has 1 saturated carbocycles. The van der Waals surface area contributed by atoms with Gasteiger partial charge in [0, 0.05) is 24.3 Å². The predicted molar refractivity (Wildman–Crippen MR) is 78.5 cm³/mol. The molecule has 2 heterocycles. The second kappa shape index (κ2) is 5.93. The van der Waals surface area contributed by atoms with Crippen LogP contribution in [0.4, 0.5) is 0 Å². The van der Waals surface area contributed by atoms with E-state index < -0.39 is 0 Å². The highest BCUT2D eigenvalue weighted by atomic mass is 35.5. The highest BCUT2D eigenvalue weighted by Crippen LogP contribution is 2.28. The second-order valence-corrected chi connectivity index (χ2v) is 5.95. The third-order valence-corrected chi connectivity index (χ3v) is 4.52. The predicted octanol–water partition coefficient (Wildman–Crippen LogP) is 3.22. The first-order valence-electron chi connectivity index (χ1n) is 7.10. The molecule has 0 radical (unpaired) electrons. The molecule has 0 amide bonds. The summed E-state index contributed by atoms with van der Waals surface area (Å²) in [5.74, 6) is 0.618. The molecular weight excluding hydrogens is 258 g/mol. The molecule has 102 valence electrons. The van der Waals surface area contributed by atoms with Crippen LogP contribution >= 0.6 is 11.6 Å². The van der Waals surface area contributed by atoms with Crippen LogP contribution in [0.2, 0.25) is 0 Å². The van der Waals surface area contributed by atoms with E-state index in [1.807, 2.05) is 24.4 Å². The van der Waals surface area contributed by atoms with Gasteiger partial charge in [0.1, 0.15) is 5.65 Å². The number of rotatable bonds is 4. The molecular formula is C15H20ClN3. The van der Waals surface area contributed by atoms with Gasteiger partial charge in [0.25, 0.3) is 0 Å². The fraction of sp³-hybridized carbons (Fsp3) is 0.533. The Balaban J connectivity index is 1.54. The third-order valence-electron chi connectivity index (χ3n) is 3.94. The lowest BCUT2D eigenvalue weighted by atomic mass is 9.89. The largest absolute Gasteiger partial charge is 0.311 e. The number of hydrogen-bond donors (Lipinski definition) is 1. The van der Waals surface area contributed by atoms with Crippen molar-refractivity contribution in [1.29, 1.82) is 0 Å². The number of hydrogen-bond acceptors (Lipinski definition) is 2. The van der Waals surface area contributed by atoms with Gasteiger partial charge in [-0.05, 0) is 37.4 Å². The van der Waals surface area contributed by atoms with E-state index in [9.17, 15) is 0 Å². The third kappa shape index (κ3) is 3.10.